The maximum absolute atomic E-state index is 12.1. The first-order chi connectivity index (χ1) is 73.4. The summed E-state index contributed by atoms with van der Waals surface area (Å²) in [7, 11) is 0. The van der Waals surface area contributed by atoms with Crippen molar-refractivity contribution in [1.29, 1.82) is 0 Å². The van der Waals surface area contributed by atoms with E-state index in [1.807, 2.05) is 152 Å². The van der Waals surface area contributed by atoms with Crippen LogP contribution < -0.4 is 146 Å². The van der Waals surface area contributed by atoms with E-state index in [2.05, 4.69) is 31.9 Å². The third kappa shape index (κ3) is 26.7. The summed E-state index contributed by atoms with van der Waals surface area (Å²) >= 11 is 0. The number of ether oxygens (including phenoxy) is 24. The summed E-state index contributed by atoms with van der Waals surface area (Å²) in [4.78, 5) is 108. The predicted molar refractivity (Wildman–Crippen MR) is 532 cm³/mol. The lowest BCUT2D eigenvalue weighted by Crippen LogP contribution is -2.32. The normalized spacial score (nSPS) is 13.8. The molecule has 12 aliphatic heterocycles. The molecule has 0 atom stereocenters. The van der Waals surface area contributed by atoms with Gasteiger partial charge in [-0.25, -0.2) is 0 Å². The monoisotopic (exact) mass is 2040 g/mol. The Labute approximate surface area is 856 Å². The Bertz CT molecular complexity index is 6990. The zero-order chi connectivity index (χ0) is 103. The molecule has 12 heterocycles. The molecule has 0 aromatic heterocycles. The van der Waals surface area contributed by atoms with E-state index in [0.29, 0.717) is 154 Å². The van der Waals surface area contributed by atoms with Gasteiger partial charge in [0.15, 0.2) is 138 Å². The van der Waals surface area contributed by atoms with Crippen LogP contribution in [0.4, 0.5) is 11.4 Å². The summed E-state index contributed by atoms with van der Waals surface area (Å²) in [5, 5.41) is 16.4. The van der Waals surface area contributed by atoms with Gasteiger partial charge in [-0.15, -0.1) is 0 Å². The molecule has 0 radical (unpaired) electrons. The third-order valence-electron chi connectivity index (χ3n) is 23.8. The molecule has 0 fully saturated rings. The minimum absolute atomic E-state index is 0.0208. The Hall–Kier alpha value is -19.1. The molecule has 0 unspecified atom stereocenters. The average Bonchev–Trinajstić information content (AvgIpc) is 1.51. The van der Waals surface area contributed by atoms with Gasteiger partial charge >= 0.3 is 0 Å². The van der Waals surface area contributed by atoms with Gasteiger partial charge in [0.1, 0.15) is 0 Å². The van der Waals surface area contributed by atoms with Gasteiger partial charge in [0.2, 0.25) is 117 Å². The Balaban J connectivity index is 0.000000113. The summed E-state index contributed by atoms with van der Waals surface area (Å²) in [6.07, 6.45) is 13.1. The fraction of sp³-hybridized carbons (Fsp3) is 0.216. The number of hydrogen-bond donors (Lipinski definition) is 6. The highest BCUT2D eigenvalue weighted by molar-refractivity contribution is 6.41. The second-order valence-electron chi connectivity index (χ2n) is 34.0. The first-order valence-corrected chi connectivity index (χ1v) is 47.5. The Morgan fingerprint density at radius 3 is 0.847 bits per heavy atom. The van der Waals surface area contributed by atoms with Crippen molar-refractivity contribution in [3.63, 3.8) is 0 Å². The van der Waals surface area contributed by atoms with Crippen LogP contribution in [0.1, 0.15) is 74.9 Å². The van der Waals surface area contributed by atoms with Gasteiger partial charge < -0.3 is 146 Å². The van der Waals surface area contributed by atoms with Crippen LogP contribution in [0.25, 0.3) is 18.2 Å². The highest BCUT2D eigenvalue weighted by Crippen LogP contribution is 2.43. The van der Waals surface area contributed by atoms with Gasteiger partial charge in [0.05, 0.1) is 0 Å². The van der Waals surface area contributed by atoms with E-state index in [-0.39, 0.29) is 125 Å². The molecular weight excluding hydrogens is 1950 g/mol. The second-order valence-corrected chi connectivity index (χ2v) is 34.0. The SMILES string of the molecule is O=C(/C=C/c1ccc2c(c1)OCO2)NCCc1ccc2c(c1)OCO2.O=C(/C=C/c1ccc2c(c1)OCO2)NCc1ccc2c(c1)OCO2.O=C(/C=C/c1ccc2c(c1)OCO2)Nc1ccc2c(c1)OCO2.O=C(CCCc1ccc2c(c1)OCO2)C(=O)NCCc1ccc2c(c1)OCO2.O=C(CCc1ccc2c(c1)OCO2)C(=O)NCc1ccc2c(c1)OCO2.O=C(Cc1ccc2c(c1)OCO2)C(=O)Nc1ccc2c(c1)OCO2. The largest absolute Gasteiger partial charge is 0.454 e. The van der Waals surface area contributed by atoms with Crippen molar-refractivity contribution in [1.82, 2.24) is 21.3 Å². The number of anilines is 2. The number of amides is 6. The van der Waals surface area contributed by atoms with Crippen molar-refractivity contribution in [2.24, 2.45) is 0 Å². The number of ketones is 3. The first kappa shape index (κ1) is 99.6. The summed E-state index contributed by atoms with van der Waals surface area (Å²) in [6.45, 7) is 4.22. The zero-order valence-electron chi connectivity index (χ0n) is 80.2. The van der Waals surface area contributed by atoms with Gasteiger partial charge in [-0.2, -0.15) is 0 Å². The molecule has 12 aliphatic rings. The highest BCUT2D eigenvalue weighted by atomic mass is 16.7. The molecule has 150 heavy (non-hydrogen) atoms. The summed E-state index contributed by atoms with van der Waals surface area (Å²) in [6, 6.07) is 65.7. The van der Waals surface area contributed by atoms with Crippen molar-refractivity contribution in [2.45, 2.75) is 64.5 Å². The number of fused-ring (bicyclic) bond motifs is 12. The second kappa shape index (κ2) is 48.1. The molecule has 0 bridgehead atoms. The molecule has 0 spiro atoms. The summed E-state index contributed by atoms with van der Waals surface area (Å²) in [5.41, 5.74) is 10.3. The van der Waals surface area contributed by atoms with Crippen LogP contribution >= 0.6 is 0 Å². The molecule has 12 aromatic carbocycles. The van der Waals surface area contributed by atoms with E-state index < -0.39 is 35.1 Å². The molecule has 12 aromatic rings. The van der Waals surface area contributed by atoms with Gasteiger partial charge in [0, 0.05) is 87.2 Å². The van der Waals surface area contributed by atoms with Crippen LogP contribution in [0, 0.1) is 0 Å². The minimum atomic E-state index is -0.688. The fourth-order valence-corrected chi connectivity index (χ4v) is 16.0. The maximum Gasteiger partial charge on any atom is 0.292 e. The van der Waals surface area contributed by atoms with Gasteiger partial charge in [-0.3, -0.25) is 43.2 Å². The van der Waals surface area contributed by atoms with Crippen LogP contribution in [0.15, 0.2) is 237 Å². The molecule has 6 N–H and O–H groups in total. The van der Waals surface area contributed by atoms with Crippen molar-refractivity contribution in [3.8, 4) is 138 Å². The maximum atomic E-state index is 12.1. The van der Waals surface area contributed by atoms with Crippen molar-refractivity contribution in [2.75, 3.05) is 105 Å². The Morgan fingerprint density at radius 2 is 0.467 bits per heavy atom. The van der Waals surface area contributed by atoms with Gasteiger partial charge in [-0.05, 0) is 252 Å². The van der Waals surface area contributed by atoms with Gasteiger partial charge in [0.25, 0.3) is 17.7 Å². The lowest BCUT2D eigenvalue weighted by atomic mass is 10.1. The number of aryl methyl sites for hydroxylation is 2. The zero-order valence-corrected chi connectivity index (χ0v) is 80.2. The van der Waals surface area contributed by atoms with E-state index in [4.69, 9.17) is 114 Å². The average molecular weight is 2040 g/mol. The number of nitrogens with one attached hydrogen (secondary N) is 6. The number of carbonyl (C=O) groups is 9. The van der Waals surface area contributed by atoms with E-state index in [0.717, 1.165) is 102 Å². The summed E-state index contributed by atoms with van der Waals surface area (Å²) in [5.74, 6) is 12.7. The standard InChI is InChI=1S/C21H21NO6.C19H17NO6.C19H17NO5.C18H15NO5.C17H13NO6.C17H13NO5/c23-16(3-1-2-14-4-6-17-19(10-14)27-12-25-17)21(24)22-9-8-15-5-7-18-20(11-15)28-13-26-18;21-14(4-1-12-2-5-15-17(7-12)25-10-23-15)19(22)20-9-13-3-6-16-18(8-13)26-11-24-16;21-19(6-3-13-1-4-15-17(9-13)24-11-22-15)20-8-7-14-2-5-16-18(10-14)25-12-23-16;20-18(6-3-12-1-4-14-16(7-12)23-10-21-14)19-9-13-2-5-15-17(8-13)24-11-22-15;19-12(5-10-1-3-13-15(6-10)23-8-21-13)17(20)18-11-2-4-14-16(7-11)24-9-22-14;19-17(18-12-3-5-14-16(8-12)23-10-21-14)6-2-11-1-4-13-15(7-11)22-9-20-13/h4-7,10-11H,1-3,8-9,12-13H2,(H,22,24);2-3,5-8H,1,4,9-11H2,(H,20,22);1-6,9-10H,7-8,11-12H2,(H,20,21);1-8H,9-11H2,(H,19,20);1-4,6-7H,5,8-9H2,(H,18,20);1-8H,9-10H2,(H,18,19)/b;;2*6-3+;;6-2+. The number of hydrogen-bond acceptors (Lipinski definition) is 33. The molecular formula is C111H96N6O33. The molecule has 24 rings (SSSR count). The third-order valence-corrected chi connectivity index (χ3v) is 23.8. The fourth-order valence-electron chi connectivity index (χ4n) is 16.0. The Morgan fingerprint density at radius 1 is 0.207 bits per heavy atom. The number of carbonyl (C=O) groups excluding carboxylic acids is 9. The smallest absolute Gasteiger partial charge is 0.292 e. The highest BCUT2D eigenvalue weighted by Gasteiger charge is 2.27. The number of rotatable bonds is 30. The molecule has 6 amide bonds. The van der Waals surface area contributed by atoms with Crippen LogP contribution in [-0.4, -0.2) is 147 Å². The molecule has 39 nitrogen and oxygen atoms in total. The quantitative estimate of drug-likeness (QED) is 0.0180. The lowest BCUT2D eigenvalue weighted by molar-refractivity contribution is -0.138. The van der Waals surface area contributed by atoms with Crippen molar-refractivity contribution in [3.05, 3.63) is 292 Å². The van der Waals surface area contributed by atoms with E-state index in [1.54, 1.807) is 85.0 Å². The number of Topliss-reactive ketones (excluding diaryl/α,β-unsaturated/α-hetero) is 3. The summed E-state index contributed by atoms with van der Waals surface area (Å²) < 4.78 is 127. The van der Waals surface area contributed by atoms with Crippen LogP contribution in [0.2, 0.25) is 0 Å². The predicted octanol–water partition coefficient (Wildman–Crippen LogP) is 14.0. The molecule has 0 saturated heterocycles. The molecule has 39 heteroatoms. The molecule has 768 valence electrons. The van der Waals surface area contributed by atoms with E-state index >= 15 is 0 Å². The minimum Gasteiger partial charge on any atom is -0.454 e. The van der Waals surface area contributed by atoms with Crippen molar-refractivity contribution < 1.29 is 157 Å². The molecule has 0 saturated carbocycles. The van der Waals surface area contributed by atoms with Crippen LogP contribution in [-0.2, 0) is 88.3 Å². The van der Waals surface area contributed by atoms with E-state index in [9.17, 15) is 43.2 Å². The van der Waals surface area contributed by atoms with E-state index in [1.165, 1.54) is 18.2 Å². The topological polar surface area (TPSA) is 447 Å². The van der Waals surface area contributed by atoms with Crippen molar-refractivity contribution >= 4 is 82.4 Å². The van der Waals surface area contributed by atoms with Crippen LogP contribution in [0.3, 0.4) is 0 Å². The van der Waals surface area contributed by atoms with Gasteiger partial charge in [-0.1, -0.05) is 60.7 Å². The first-order valence-electron chi connectivity index (χ1n) is 47.5. The molecule has 0 aliphatic carbocycles. The van der Waals surface area contributed by atoms with Crippen LogP contribution in [0.5, 0.6) is 138 Å². The number of benzene rings is 12. The lowest BCUT2D eigenvalue weighted by Gasteiger charge is -2.06. The Kier molecular flexibility index (Phi) is 31.9.